The van der Waals surface area contributed by atoms with Gasteiger partial charge >= 0.3 is 0 Å². The Bertz CT molecular complexity index is 556. The fourth-order valence-corrected chi connectivity index (χ4v) is 2.68. The van der Waals surface area contributed by atoms with Crippen molar-refractivity contribution in [3.8, 4) is 5.75 Å². The van der Waals surface area contributed by atoms with Crippen LogP contribution < -0.4 is 10.1 Å². The molecule has 2 aromatic rings. The van der Waals surface area contributed by atoms with Crippen LogP contribution in [0.2, 0.25) is 0 Å². The maximum absolute atomic E-state index is 13.4. The topological polar surface area (TPSA) is 34.2 Å². The lowest BCUT2D eigenvalue weighted by Crippen LogP contribution is -2.20. The molecule has 0 radical (unpaired) electrons. The molecule has 1 unspecified atom stereocenters. The molecule has 1 N–H and O–H groups in total. The molecular weight excluding hydrogens is 263 g/mol. The van der Waals surface area contributed by atoms with Crippen LogP contribution in [0.25, 0.3) is 0 Å². The summed E-state index contributed by atoms with van der Waals surface area (Å²) in [6, 6.07) is 4.55. The van der Waals surface area contributed by atoms with E-state index in [0.29, 0.717) is 12.2 Å². The molecule has 0 bridgehead atoms. The number of nitrogens with one attached hydrogen (secondary N) is 1. The fraction of sp³-hybridized carbons (Fsp3) is 0.357. The van der Waals surface area contributed by atoms with Crippen molar-refractivity contribution in [2.24, 2.45) is 0 Å². The number of nitrogens with zero attached hydrogens (tertiary/aromatic N) is 1. The van der Waals surface area contributed by atoms with Crippen molar-refractivity contribution in [1.29, 1.82) is 0 Å². The predicted octanol–water partition coefficient (Wildman–Crippen LogP) is 3.10. The zero-order valence-corrected chi connectivity index (χ0v) is 12.1. The molecule has 1 aromatic heterocycles. The lowest BCUT2D eigenvalue weighted by Gasteiger charge is -2.18. The third kappa shape index (κ3) is 3.30. The predicted molar refractivity (Wildman–Crippen MR) is 75.3 cm³/mol. The summed E-state index contributed by atoms with van der Waals surface area (Å²) in [6.07, 6.45) is 0.709. The molecule has 1 heterocycles. The minimum absolute atomic E-state index is 0.0212. The normalized spacial score (nSPS) is 12.4. The number of benzene rings is 1. The Morgan fingerprint density at radius 1 is 1.47 bits per heavy atom. The Morgan fingerprint density at radius 2 is 2.26 bits per heavy atom. The van der Waals surface area contributed by atoms with E-state index < -0.39 is 0 Å². The molecule has 1 aromatic carbocycles. The average molecular weight is 280 g/mol. The molecule has 0 spiro atoms. The Labute approximate surface area is 116 Å². The second kappa shape index (κ2) is 6.12. The first-order valence-electron chi connectivity index (χ1n) is 6.05. The van der Waals surface area contributed by atoms with Gasteiger partial charge in [0.1, 0.15) is 11.6 Å². The second-order valence-electron chi connectivity index (χ2n) is 4.29. The summed E-state index contributed by atoms with van der Waals surface area (Å²) in [7, 11) is 3.45. The van der Waals surface area contributed by atoms with Crippen molar-refractivity contribution in [2.75, 3.05) is 14.2 Å². The van der Waals surface area contributed by atoms with E-state index in [1.165, 1.54) is 12.1 Å². The summed E-state index contributed by atoms with van der Waals surface area (Å²) in [5.74, 6) is 0.429. The van der Waals surface area contributed by atoms with Crippen LogP contribution in [-0.4, -0.2) is 19.1 Å². The molecule has 0 fully saturated rings. The largest absolute Gasteiger partial charge is 0.496 e. The van der Waals surface area contributed by atoms with E-state index in [9.17, 15) is 4.39 Å². The standard InChI is InChI=1S/C14H17FN2OS/c1-9-17-11(8-19-9)7-13(16-2)12-6-10(15)4-5-14(12)18-3/h4-6,8,13,16H,7H2,1-3H3. The van der Waals surface area contributed by atoms with Crippen molar-refractivity contribution in [3.63, 3.8) is 0 Å². The molecule has 2 rings (SSSR count). The highest BCUT2D eigenvalue weighted by Crippen LogP contribution is 2.28. The number of aromatic nitrogens is 1. The van der Waals surface area contributed by atoms with Gasteiger partial charge in [0.15, 0.2) is 0 Å². The lowest BCUT2D eigenvalue weighted by molar-refractivity contribution is 0.399. The molecule has 0 saturated carbocycles. The maximum atomic E-state index is 13.4. The summed E-state index contributed by atoms with van der Waals surface area (Å²) in [5.41, 5.74) is 1.82. The van der Waals surface area contributed by atoms with Crippen LogP contribution in [-0.2, 0) is 6.42 Å². The molecule has 0 aliphatic rings. The zero-order valence-electron chi connectivity index (χ0n) is 11.2. The quantitative estimate of drug-likeness (QED) is 0.914. The number of rotatable bonds is 5. The summed E-state index contributed by atoms with van der Waals surface area (Å²) in [5, 5.41) is 6.27. The molecule has 0 aliphatic heterocycles. The van der Waals surface area contributed by atoms with Crippen LogP contribution in [0.1, 0.15) is 22.3 Å². The zero-order chi connectivity index (χ0) is 13.8. The first-order valence-corrected chi connectivity index (χ1v) is 6.93. The van der Waals surface area contributed by atoms with Gasteiger partial charge in [0.05, 0.1) is 17.8 Å². The molecule has 0 saturated heterocycles. The van der Waals surface area contributed by atoms with Gasteiger partial charge in [-0.3, -0.25) is 0 Å². The number of halogens is 1. The first-order chi connectivity index (χ1) is 9.13. The lowest BCUT2D eigenvalue weighted by atomic mass is 10.0. The Balaban J connectivity index is 2.28. The van der Waals surface area contributed by atoms with Crippen molar-refractivity contribution < 1.29 is 9.13 Å². The van der Waals surface area contributed by atoms with E-state index in [4.69, 9.17) is 4.74 Å². The van der Waals surface area contributed by atoms with Crippen molar-refractivity contribution in [1.82, 2.24) is 10.3 Å². The van der Waals surface area contributed by atoms with Crippen LogP contribution in [0.4, 0.5) is 4.39 Å². The number of hydrogen-bond acceptors (Lipinski definition) is 4. The van der Waals surface area contributed by atoms with Gasteiger partial charge in [-0.2, -0.15) is 0 Å². The van der Waals surface area contributed by atoms with Crippen molar-refractivity contribution in [2.45, 2.75) is 19.4 Å². The minimum Gasteiger partial charge on any atom is -0.496 e. The van der Waals surface area contributed by atoms with Crippen LogP contribution in [0, 0.1) is 12.7 Å². The molecular formula is C14H17FN2OS. The average Bonchev–Trinajstić information content (AvgIpc) is 2.81. The van der Waals surface area contributed by atoms with E-state index in [-0.39, 0.29) is 11.9 Å². The number of aryl methyl sites for hydroxylation is 1. The van der Waals surface area contributed by atoms with E-state index >= 15 is 0 Å². The minimum atomic E-state index is -0.259. The van der Waals surface area contributed by atoms with E-state index in [0.717, 1.165) is 16.3 Å². The van der Waals surface area contributed by atoms with E-state index in [1.54, 1.807) is 24.5 Å². The van der Waals surface area contributed by atoms with E-state index in [2.05, 4.69) is 10.3 Å². The van der Waals surface area contributed by atoms with Gasteiger partial charge in [-0.15, -0.1) is 11.3 Å². The summed E-state index contributed by atoms with van der Waals surface area (Å²) >= 11 is 1.62. The number of ether oxygens (including phenoxy) is 1. The Kier molecular flexibility index (Phi) is 4.50. The third-order valence-electron chi connectivity index (χ3n) is 3.00. The third-order valence-corrected chi connectivity index (χ3v) is 3.82. The van der Waals surface area contributed by atoms with Crippen LogP contribution in [0.15, 0.2) is 23.6 Å². The molecule has 102 valence electrons. The molecule has 0 amide bonds. The van der Waals surface area contributed by atoms with Crippen molar-refractivity contribution >= 4 is 11.3 Å². The summed E-state index contributed by atoms with van der Waals surface area (Å²) in [4.78, 5) is 4.45. The number of likely N-dealkylation sites (N-methyl/N-ethyl adjacent to an activating group) is 1. The highest BCUT2D eigenvalue weighted by atomic mass is 32.1. The first kappa shape index (κ1) is 14.0. The fourth-order valence-electron chi connectivity index (χ4n) is 2.06. The molecule has 5 heteroatoms. The molecule has 3 nitrogen and oxygen atoms in total. The van der Waals surface area contributed by atoms with Crippen LogP contribution >= 0.6 is 11.3 Å². The van der Waals surface area contributed by atoms with Gasteiger partial charge in [0.25, 0.3) is 0 Å². The highest BCUT2D eigenvalue weighted by Gasteiger charge is 2.17. The van der Waals surface area contributed by atoms with Gasteiger partial charge in [-0.25, -0.2) is 9.37 Å². The van der Waals surface area contributed by atoms with Gasteiger partial charge in [0.2, 0.25) is 0 Å². The van der Waals surface area contributed by atoms with Crippen molar-refractivity contribution in [3.05, 3.63) is 45.7 Å². The van der Waals surface area contributed by atoms with Crippen LogP contribution in [0.5, 0.6) is 5.75 Å². The van der Waals surface area contributed by atoms with Gasteiger partial charge < -0.3 is 10.1 Å². The number of methoxy groups -OCH3 is 1. The number of thiazole rings is 1. The Morgan fingerprint density at radius 3 is 2.84 bits per heavy atom. The highest BCUT2D eigenvalue weighted by molar-refractivity contribution is 7.09. The van der Waals surface area contributed by atoms with Crippen LogP contribution in [0.3, 0.4) is 0 Å². The van der Waals surface area contributed by atoms with E-state index in [1.807, 2.05) is 19.4 Å². The van der Waals surface area contributed by atoms with Gasteiger partial charge in [-0.05, 0) is 32.2 Å². The van der Waals surface area contributed by atoms with Gasteiger partial charge in [0, 0.05) is 23.4 Å². The smallest absolute Gasteiger partial charge is 0.123 e. The molecule has 0 aliphatic carbocycles. The number of hydrogen-bond donors (Lipinski definition) is 1. The Hall–Kier alpha value is -1.46. The van der Waals surface area contributed by atoms with Gasteiger partial charge in [-0.1, -0.05) is 0 Å². The second-order valence-corrected chi connectivity index (χ2v) is 5.35. The SMILES string of the molecule is CNC(Cc1csc(C)n1)c1cc(F)ccc1OC. The summed E-state index contributed by atoms with van der Waals surface area (Å²) < 4.78 is 18.7. The monoisotopic (exact) mass is 280 g/mol. The summed E-state index contributed by atoms with van der Waals surface area (Å²) in [6.45, 7) is 1.98. The maximum Gasteiger partial charge on any atom is 0.123 e. The molecule has 1 atom stereocenters. The molecule has 19 heavy (non-hydrogen) atoms.